The van der Waals surface area contributed by atoms with Gasteiger partial charge in [0, 0.05) is 17.8 Å². The van der Waals surface area contributed by atoms with E-state index in [2.05, 4.69) is 5.32 Å². The molecule has 1 heterocycles. The molecular formula is C19H20N2O3S. The fourth-order valence-electron chi connectivity index (χ4n) is 2.87. The van der Waals surface area contributed by atoms with Gasteiger partial charge in [0.1, 0.15) is 0 Å². The topological polar surface area (TPSA) is 66.5 Å². The lowest BCUT2D eigenvalue weighted by Gasteiger charge is -2.17. The van der Waals surface area contributed by atoms with Crippen molar-refractivity contribution in [3.63, 3.8) is 0 Å². The number of hydrogen-bond donors (Lipinski definition) is 1. The normalized spacial score (nSPS) is 14.3. The van der Waals surface area contributed by atoms with E-state index < -0.39 is 10.0 Å². The molecule has 0 atom stereocenters. The summed E-state index contributed by atoms with van der Waals surface area (Å²) in [6, 6.07) is 15.0. The average Bonchev–Trinajstić information content (AvgIpc) is 2.99. The molecule has 6 heteroatoms. The van der Waals surface area contributed by atoms with Crippen LogP contribution in [0.1, 0.15) is 18.1 Å². The first-order valence-electron chi connectivity index (χ1n) is 8.00. The minimum Gasteiger partial charge on any atom is -0.322 e. The Labute approximate surface area is 148 Å². The number of benzene rings is 2. The van der Waals surface area contributed by atoms with Gasteiger partial charge in [-0.3, -0.25) is 9.10 Å². The molecule has 0 unspecified atom stereocenters. The average molecular weight is 356 g/mol. The predicted octanol–water partition coefficient (Wildman–Crippen LogP) is 3.05. The van der Waals surface area contributed by atoms with Crippen molar-refractivity contribution in [1.29, 1.82) is 0 Å². The quantitative estimate of drug-likeness (QED) is 0.856. The van der Waals surface area contributed by atoms with Crippen LogP contribution < -0.4 is 9.62 Å². The molecule has 0 saturated heterocycles. The highest BCUT2D eigenvalue weighted by Gasteiger charge is 2.26. The van der Waals surface area contributed by atoms with Crippen LogP contribution in [-0.2, 0) is 21.2 Å². The van der Waals surface area contributed by atoms with Gasteiger partial charge in [-0.1, -0.05) is 36.4 Å². The lowest BCUT2D eigenvalue weighted by atomic mass is 10.1. The molecule has 1 N–H and O–H groups in total. The Morgan fingerprint density at radius 1 is 1.16 bits per heavy atom. The number of carbonyl (C=O) groups excluding carboxylic acids is 1. The highest BCUT2D eigenvalue weighted by atomic mass is 32.2. The first-order valence-corrected chi connectivity index (χ1v) is 9.85. The van der Waals surface area contributed by atoms with Crippen LogP contribution in [0.3, 0.4) is 0 Å². The summed E-state index contributed by atoms with van der Waals surface area (Å²) in [6.07, 6.45) is 3.69. The van der Waals surface area contributed by atoms with Crippen LogP contribution in [0.4, 0.5) is 11.4 Å². The second-order valence-corrected chi connectivity index (χ2v) is 8.03. The fraction of sp³-hybridized carbons (Fsp3) is 0.211. The summed E-state index contributed by atoms with van der Waals surface area (Å²) >= 11 is 0. The van der Waals surface area contributed by atoms with Gasteiger partial charge >= 0.3 is 0 Å². The van der Waals surface area contributed by atoms with Crippen molar-refractivity contribution < 1.29 is 13.2 Å². The van der Waals surface area contributed by atoms with Crippen LogP contribution in [0.5, 0.6) is 0 Å². The lowest BCUT2D eigenvalue weighted by Crippen LogP contribution is -2.27. The van der Waals surface area contributed by atoms with Crippen molar-refractivity contribution in [1.82, 2.24) is 0 Å². The second kappa shape index (κ2) is 6.72. The first-order chi connectivity index (χ1) is 11.8. The van der Waals surface area contributed by atoms with Gasteiger partial charge in [-0.2, -0.15) is 0 Å². The van der Waals surface area contributed by atoms with Crippen LogP contribution in [0.25, 0.3) is 6.08 Å². The lowest BCUT2D eigenvalue weighted by molar-refractivity contribution is -0.112. The van der Waals surface area contributed by atoms with E-state index in [4.69, 9.17) is 0 Å². The van der Waals surface area contributed by atoms with Crippen molar-refractivity contribution in [2.45, 2.75) is 13.3 Å². The molecule has 0 fully saturated rings. The van der Waals surface area contributed by atoms with E-state index in [1.54, 1.807) is 19.1 Å². The van der Waals surface area contributed by atoms with Crippen molar-refractivity contribution in [2.24, 2.45) is 0 Å². The molecule has 0 aliphatic carbocycles. The van der Waals surface area contributed by atoms with E-state index in [9.17, 15) is 13.2 Å². The molecule has 0 radical (unpaired) electrons. The SMILES string of the molecule is C/C(=C\c1ccccc1)C(=O)Nc1ccc2c(c1)N(S(C)(=O)=O)CC2. The zero-order valence-electron chi connectivity index (χ0n) is 14.2. The Bertz CT molecular complexity index is 934. The van der Waals surface area contributed by atoms with Crippen LogP contribution in [-0.4, -0.2) is 27.1 Å². The number of hydrogen-bond acceptors (Lipinski definition) is 3. The molecule has 0 aromatic heterocycles. The molecule has 2 aromatic rings. The Morgan fingerprint density at radius 3 is 2.56 bits per heavy atom. The molecule has 5 nitrogen and oxygen atoms in total. The largest absolute Gasteiger partial charge is 0.322 e. The van der Waals surface area contributed by atoms with Gasteiger partial charge in [-0.25, -0.2) is 8.42 Å². The summed E-state index contributed by atoms with van der Waals surface area (Å²) in [4.78, 5) is 12.4. The maximum Gasteiger partial charge on any atom is 0.251 e. The molecule has 2 aromatic carbocycles. The molecular weight excluding hydrogens is 336 g/mol. The number of nitrogens with zero attached hydrogens (tertiary/aromatic N) is 1. The van der Waals surface area contributed by atoms with Crippen molar-refractivity contribution in [3.05, 3.63) is 65.2 Å². The molecule has 0 bridgehead atoms. The summed E-state index contributed by atoms with van der Waals surface area (Å²) in [5, 5.41) is 2.83. The molecule has 25 heavy (non-hydrogen) atoms. The zero-order chi connectivity index (χ0) is 18.0. The number of amides is 1. The summed E-state index contributed by atoms with van der Waals surface area (Å²) in [7, 11) is -3.31. The maximum absolute atomic E-state index is 12.4. The fourth-order valence-corrected chi connectivity index (χ4v) is 3.82. The summed E-state index contributed by atoms with van der Waals surface area (Å²) < 4.78 is 25.1. The molecule has 0 spiro atoms. The van der Waals surface area contributed by atoms with Gasteiger partial charge in [0.05, 0.1) is 11.9 Å². The van der Waals surface area contributed by atoms with Gasteiger partial charge in [-0.05, 0) is 42.7 Å². The van der Waals surface area contributed by atoms with Crippen molar-refractivity contribution in [2.75, 3.05) is 22.4 Å². The zero-order valence-corrected chi connectivity index (χ0v) is 15.0. The summed E-state index contributed by atoms with van der Waals surface area (Å²) in [6.45, 7) is 2.19. The van der Waals surface area contributed by atoms with Gasteiger partial charge in [0.25, 0.3) is 5.91 Å². The molecule has 130 valence electrons. The van der Waals surface area contributed by atoms with Gasteiger partial charge in [0.2, 0.25) is 10.0 Å². The number of fused-ring (bicyclic) bond motifs is 1. The smallest absolute Gasteiger partial charge is 0.251 e. The molecule has 3 rings (SSSR count). The van der Waals surface area contributed by atoms with Crippen molar-refractivity contribution >= 4 is 33.4 Å². The van der Waals surface area contributed by atoms with E-state index in [0.717, 1.165) is 11.1 Å². The third kappa shape index (κ3) is 3.91. The van der Waals surface area contributed by atoms with Crippen molar-refractivity contribution in [3.8, 4) is 0 Å². The maximum atomic E-state index is 12.4. The van der Waals surface area contributed by atoms with Gasteiger partial charge < -0.3 is 5.32 Å². The second-order valence-electron chi connectivity index (χ2n) is 6.12. The highest BCUT2D eigenvalue weighted by Crippen LogP contribution is 2.32. The molecule has 1 aliphatic rings. The minimum absolute atomic E-state index is 0.215. The first kappa shape index (κ1) is 17.2. The molecule has 0 saturated carbocycles. The van der Waals surface area contributed by atoms with E-state index in [1.165, 1.54) is 10.6 Å². The van der Waals surface area contributed by atoms with Crippen LogP contribution >= 0.6 is 0 Å². The van der Waals surface area contributed by atoms with E-state index in [-0.39, 0.29) is 5.91 Å². The van der Waals surface area contributed by atoms with E-state index in [1.807, 2.05) is 42.5 Å². The number of nitrogens with one attached hydrogen (secondary N) is 1. The molecule has 1 aliphatic heterocycles. The van der Waals surface area contributed by atoms with Gasteiger partial charge in [0.15, 0.2) is 0 Å². The third-order valence-corrected chi connectivity index (χ3v) is 5.32. The monoisotopic (exact) mass is 356 g/mol. The number of carbonyl (C=O) groups is 1. The third-order valence-electron chi connectivity index (χ3n) is 4.14. The Hall–Kier alpha value is -2.60. The Kier molecular flexibility index (Phi) is 4.63. The Balaban J connectivity index is 1.80. The number of rotatable bonds is 4. The standard InChI is InChI=1S/C19H20N2O3S/c1-14(12-15-6-4-3-5-7-15)19(22)20-17-9-8-16-10-11-21(18(16)13-17)25(2,23)24/h3-9,12-13H,10-11H2,1-2H3,(H,20,22)/b14-12+. The van der Waals surface area contributed by atoms with E-state index in [0.29, 0.717) is 29.9 Å². The van der Waals surface area contributed by atoms with Crippen LogP contribution in [0.2, 0.25) is 0 Å². The highest BCUT2D eigenvalue weighted by molar-refractivity contribution is 7.92. The van der Waals surface area contributed by atoms with Crippen LogP contribution in [0.15, 0.2) is 54.1 Å². The van der Waals surface area contributed by atoms with Gasteiger partial charge in [-0.15, -0.1) is 0 Å². The minimum atomic E-state index is -3.31. The van der Waals surface area contributed by atoms with E-state index >= 15 is 0 Å². The Morgan fingerprint density at radius 2 is 1.88 bits per heavy atom. The summed E-state index contributed by atoms with van der Waals surface area (Å²) in [5.41, 5.74) is 3.73. The predicted molar refractivity (Wildman–Crippen MR) is 101 cm³/mol. The van der Waals surface area contributed by atoms with Crippen LogP contribution in [0, 0.1) is 0 Å². The summed E-state index contributed by atoms with van der Waals surface area (Å²) in [5.74, 6) is -0.215. The number of anilines is 2. The number of sulfonamides is 1. The molecule has 1 amide bonds.